The van der Waals surface area contributed by atoms with Crippen LogP contribution in [0.2, 0.25) is 0 Å². The van der Waals surface area contributed by atoms with Crippen molar-refractivity contribution in [2.24, 2.45) is 0 Å². The second kappa shape index (κ2) is 4.22. The van der Waals surface area contributed by atoms with E-state index < -0.39 is 0 Å². The van der Waals surface area contributed by atoms with Gasteiger partial charge in [0.25, 0.3) is 0 Å². The van der Waals surface area contributed by atoms with E-state index in [9.17, 15) is 5.11 Å². The lowest BCUT2D eigenvalue weighted by Gasteiger charge is -2.08. The normalized spacial score (nSPS) is 10.5. The van der Waals surface area contributed by atoms with Gasteiger partial charge < -0.3 is 9.84 Å². The molecule has 0 atom stereocenters. The summed E-state index contributed by atoms with van der Waals surface area (Å²) >= 11 is 0. The third kappa shape index (κ3) is 1.89. The second-order valence-electron chi connectivity index (χ2n) is 3.48. The Kier molecular flexibility index (Phi) is 2.77. The van der Waals surface area contributed by atoms with E-state index in [1.54, 1.807) is 6.07 Å². The maximum atomic E-state index is 9.67. The highest BCUT2D eigenvalue weighted by Crippen LogP contribution is 2.31. The molecule has 0 heterocycles. The topological polar surface area (TPSA) is 29.5 Å². The highest BCUT2D eigenvalue weighted by atomic mass is 16.5. The van der Waals surface area contributed by atoms with Crippen LogP contribution in [0, 0.1) is 0 Å². The fraction of sp³-hybridized carbons (Fsp3) is 0.231. The van der Waals surface area contributed by atoms with E-state index in [4.69, 9.17) is 4.74 Å². The van der Waals surface area contributed by atoms with Gasteiger partial charge in [0.1, 0.15) is 11.5 Å². The Labute approximate surface area is 89.1 Å². The van der Waals surface area contributed by atoms with Crippen molar-refractivity contribution in [2.45, 2.75) is 13.3 Å². The first-order valence-electron chi connectivity index (χ1n) is 5.16. The third-order valence-corrected chi connectivity index (χ3v) is 2.32. The maximum absolute atomic E-state index is 9.67. The Morgan fingerprint density at radius 1 is 1.07 bits per heavy atom. The summed E-state index contributed by atoms with van der Waals surface area (Å²) in [5.41, 5.74) is 0. The quantitative estimate of drug-likeness (QED) is 0.827. The zero-order valence-electron chi connectivity index (χ0n) is 8.73. The van der Waals surface area contributed by atoms with Crippen LogP contribution in [-0.2, 0) is 0 Å². The minimum atomic E-state index is 0.300. The van der Waals surface area contributed by atoms with Crippen LogP contribution in [0.25, 0.3) is 10.8 Å². The van der Waals surface area contributed by atoms with E-state index >= 15 is 0 Å². The first-order valence-corrected chi connectivity index (χ1v) is 5.16. The van der Waals surface area contributed by atoms with Crippen LogP contribution >= 0.6 is 0 Å². The summed E-state index contributed by atoms with van der Waals surface area (Å²) in [6, 6.07) is 11.2. The lowest BCUT2D eigenvalue weighted by Crippen LogP contribution is -1.95. The number of ether oxygens (including phenoxy) is 1. The Hall–Kier alpha value is -1.70. The molecule has 0 amide bonds. The molecule has 0 aliphatic rings. The molecule has 0 bridgehead atoms. The van der Waals surface area contributed by atoms with E-state index in [-0.39, 0.29) is 0 Å². The van der Waals surface area contributed by atoms with Crippen LogP contribution in [0.4, 0.5) is 0 Å². The number of rotatable bonds is 3. The Morgan fingerprint density at radius 3 is 2.60 bits per heavy atom. The van der Waals surface area contributed by atoms with Gasteiger partial charge in [0.05, 0.1) is 6.61 Å². The first kappa shape index (κ1) is 9.84. The molecule has 0 spiro atoms. The van der Waals surface area contributed by atoms with Crippen LogP contribution in [0.5, 0.6) is 11.5 Å². The van der Waals surface area contributed by atoms with Gasteiger partial charge >= 0.3 is 0 Å². The third-order valence-electron chi connectivity index (χ3n) is 2.32. The standard InChI is InChI=1S/C13H14O2/c1-2-9-15-13-8-4-5-10-11(13)6-3-7-12(10)14/h3-8,14H,2,9H2,1H3. The van der Waals surface area contributed by atoms with Gasteiger partial charge in [0, 0.05) is 10.8 Å². The molecule has 0 aromatic heterocycles. The van der Waals surface area contributed by atoms with Gasteiger partial charge in [-0.2, -0.15) is 0 Å². The summed E-state index contributed by atoms with van der Waals surface area (Å²) in [6.45, 7) is 2.78. The molecule has 2 nitrogen and oxygen atoms in total. The van der Waals surface area contributed by atoms with Crippen molar-refractivity contribution in [3.05, 3.63) is 36.4 Å². The predicted octanol–water partition coefficient (Wildman–Crippen LogP) is 3.33. The van der Waals surface area contributed by atoms with Gasteiger partial charge in [-0.1, -0.05) is 31.2 Å². The van der Waals surface area contributed by atoms with Crippen molar-refractivity contribution in [1.82, 2.24) is 0 Å². The summed E-state index contributed by atoms with van der Waals surface area (Å²) in [5, 5.41) is 11.5. The molecule has 2 aromatic carbocycles. The van der Waals surface area contributed by atoms with Crippen LogP contribution < -0.4 is 4.74 Å². The van der Waals surface area contributed by atoms with Gasteiger partial charge in [0.2, 0.25) is 0 Å². The Morgan fingerprint density at radius 2 is 1.80 bits per heavy atom. The van der Waals surface area contributed by atoms with Crippen molar-refractivity contribution >= 4 is 10.8 Å². The first-order chi connectivity index (χ1) is 7.33. The molecule has 0 saturated carbocycles. The van der Waals surface area contributed by atoms with Crippen molar-refractivity contribution < 1.29 is 9.84 Å². The van der Waals surface area contributed by atoms with Gasteiger partial charge in [-0.05, 0) is 18.6 Å². The van der Waals surface area contributed by atoms with E-state index in [2.05, 4.69) is 6.92 Å². The molecule has 2 rings (SSSR count). The fourth-order valence-electron chi connectivity index (χ4n) is 1.60. The largest absolute Gasteiger partial charge is 0.507 e. The maximum Gasteiger partial charge on any atom is 0.127 e. The molecule has 2 aromatic rings. The number of benzene rings is 2. The highest BCUT2D eigenvalue weighted by Gasteiger charge is 2.03. The van der Waals surface area contributed by atoms with Crippen molar-refractivity contribution in [3.63, 3.8) is 0 Å². The van der Waals surface area contributed by atoms with E-state index in [1.807, 2.05) is 30.3 Å². The summed E-state index contributed by atoms with van der Waals surface area (Å²) in [6.07, 6.45) is 0.981. The second-order valence-corrected chi connectivity index (χ2v) is 3.48. The molecule has 0 unspecified atom stereocenters. The molecule has 1 N–H and O–H groups in total. The van der Waals surface area contributed by atoms with Gasteiger partial charge in [-0.25, -0.2) is 0 Å². The van der Waals surface area contributed by atoms with Crippen LogP contribution in [-0.4, -0.2) is 11.7 Å². The number of aromatic hydroxyl groups is 1. The zero-order valence-corrected chi connectivity index (χ0v) is 8.73. The summed E-state index contributed by atoms with van der Waals surface area (Å²) in [7, 11) is 0. The summed E-state index contributed by atoms with van der Waals surface area (Å²) in [5.74, 6) is 1.14. The highest BCUT2D eigenvalue weighted by molar-refractivity contribution is 5.92. The van der Waals surface area contributed by atoms with Crippen LogP contribution in [0.15, 0.2) is 36.4 Å². The average molecular weight is 202 g/mol. The SMILES string of the molecule is CCCOc1cccc2c(O)cccc12. The number of phenolic OH excluding ortho intramolecular Hbond substituents is 1. The summed E-state index contributed by atoms with van der Waals surface area (Å²) in [4.78, 5) is 0. The monoisotopic (exact) mass is 202 g/mol. The number of hydrogen-bond acceptors (Lipinski definition) is 2. The molecule has 0 fully saturated rings. The Bertz CT molecular complexity index is 463. The number of phenols is 1. The van der Waals surface area contributed by atoms with Crippen LogP contribution in [0.1, 0.15) is 13.3 Å². The predicted molar refractivity (Wildman–Crippen MR) is 61.4 cm³/mol. The smallest absolute Gasteiger partial charge is 0.127 e. The number of fused-ring (bicyclic) bond motifs is 1. The van der Waals surface area contributed by atoms with Gasteiger partial charge in [-0.15, -0.1) is 0 Å². The molecule has 2 heteroatoms. The van der Waals surface area contributed by atoms with Gasteiger partial charge in [-0.3, -0.25) is 0 Å². The van der Waals surface area contributed by atoms with E-state index in [1.165, 1.54) is 0 Å². The van der Waals surface area contributed by atoms with Crippen molar-refractivity contribution in [2.75, 3.05) is 6.61 Å². The minimum Gasteiger partial charge on any atom is -0.507 e. The fourth-order valence-corrected chi connectivity index (χ4v) is 1.60. The van der Waals surface area contributed by atoms with E-state index in [0.29, 0.717) is 12.4 Å². The minimum absolute atomic E-state index is 0.300. The Balaban J connectivity index is 2.51. The van der Waals surface area contributed by atoms with Crippen molar-refractivity contribution in [1.29, 1.82) is 0 Å². The zero-order chi connectivity index (χ0) is 10.7. The molecule has 0 radical (unpaired) electrons. The molecular formula is C13H14O2. The molecule has 0 saturated heterocycles. The molecule has 0 aliphatic heterocycles. The molecule has 0 aliphatic carbocycles. The number of hydrogen-bond donors (Lipinski definition) is 1. The van der Waals surface area contributed by atoms with Crippen molar-refractivity contribution in [3.8, 4) is 11.5 Å². The molecular weight excluding hydrogens is 188 g/mol. The lowest BCUT2D eigenvalue weighted by molar-refractivity contribution is 0.321. The van der Waals surface area contributed by atoms with Gasteiger partial charge in [0.15, 0.2) is 0 Å². The van der Waals surface area contributed by atoms with E-state index in [0.717, 1.165) is 22.9 Å². The lowest BCUT2D eigenvalue weighted by atomic mass is 10.1. The summed E-state index contributed by atoms with van der Waals surface area (Å²) < 4.78 is 5.61. The molecule has 15 heavy (non-hydrogen) atoms. The van der Waals surface area contributed by atoms with Crippen LogP contribution in [0.3, 0.4) is 0 Å². The molecule has 78 valence electrons. The average Bonchev–Trinajstić information content (AvgIpc) is 2.27.